The highest BCUT2D eigenvalue weighted by molar-refractivity contribution is 5.84. The molecule has 0 aromatic carbocycles. The second-order valence-electron chi connectivity index (χ2n) is 10.7. The van der Waals surface area contributed by atoms with Gasteiger partial charge in [0.2, 0.25) is 0 Å². The van der Waals surface area contributed by atoms with Gasteiger partial charge in [-0.15, -0.1) is 0 Å². The average molecular weight is 441 g/mol. The number of allylic oxidation sites excluding steroid dienone is 2. The van der Waals surface area contributed by atoms with Gasteiger partial charge in [0.1, 0.15) is 6.10 Å². The Kier molecular flexibility index (Phi) is 6.41. The van der Waals surface area contributed by atoms with Gasteiger partial charge < -0.3 is 9.64 Å². The Balaban J connectivity index is 1.47. The van der Waals surface area contributed by atoms with Crippen LogP contribution in [0.3, 0.4) is 0 Å². The SMILES string of the molecule is CN1CCOC(C(=O)CC2CC=C(c3ccc4c(n3)n(C)c(=O)n4CC(C)(C)C)CC2)C1. The molecule has 0 bridgehead atoms. The summed E-state index contributed by atoms with van der Waals surface area (Å²) in [6.07, 6.45) is 5.30. The number of hydrogen-bond acceptors (Lipinski definition) is 5. The molecule has 0 saturated carbocycles. The van der Waals surface area contributed by atoms with Crippen LogP contribution in [0.4, 0.5) is 0 Å². The lowest BCUT2D eigenvalue weighted by molar-refractivity contribution is -0.136. The Labute approximate surface area is 190 Å². The Hall–Kier alpha value is -2.25. The standard InChI is InChI=1S/C25H36N4O3/c1-25(2,3)16-29-20-11-10-19(26-23(20)28(5)24(29)31)18-8-6-17(7-9-18)14-21(30)22-15-27(4)12-13-32-22/h8,10-11,17,22H,6-7,9,12-16H2,1-5H3. The zero-order chi connectivity index (χ0) is 23.0. The number of nitrogens with zero attached hydrogens (tertiary/aromatic N) is 4. The summed E-state index contributed by atoms with van der Waals surface area (Å²) in [5.41, 5.74) is 3.74. The van der Waals surface area contributed by atoms with Crippen molar-refractivity contribution in [3.8, 4) is 0 Å². The number of pyridine rings is 1. The quantitative estimate of drug-likeness (QED) is 0.714. The fourth-order valence-corrected chi connectivity index (χ4v) is 4.77. The third kappa shape index (κ3) is 4.89. The number of aryl methyl sites for hydroxylation is 1. The summed E-state index contributed by atoms with van der Waals surface area (Å²) in [6, 6.07) is 4.06. The van der Waals surface area contributed by atoms with Crippen LogP contribution in [0.1, 0.15) is 52.1 Å². The minimum absolute atomic E-state index is 0.00715. The Morgan fingerprint density at radius 3 is 2.69 bits per heavy atom. The monoisotopic (exact) mass is 440 g/mol. The number of imidazole rings is 1. The van der Waals surface area contributed by atoms with Crippen LogP contribution in [0.25, 0.3) is 16.7 Å². The smallest absolute Gasteiger partial charge is 0.330 e. The van der Waals surface area contributed by atoms with E-state index in [4.69, 9.17) is 9.72 Å². The van der Waals surface area contributed by atoms with Crippen LogP contribution in [0.15, 0.2) is 23.0 Å². The maximum absolute atomic E-state index is 12.8. The predicted molar refractivity (Wildman–Crippen MR) is 127 cm³/mol. The largest absolute Gasteiger partial charge is 0.368 e. The lowest BCUT2D eigenvalue weighted by Crippen LogP contribution is -2.44. The molecule has 2 aromatic rings. The number of aromatic nitrogens is 3. The van der Waals surface area contributed by atoms with E-state index in [9.17, 15) is 9.59 Å². The van der Waals surface area contributed by atoms with E-state index in [1.165, 1.54) is 5.57 Å². The lowest BCUT2D eigenvalue weighted by Gasteiger charge is -2.30. The molecule has 4 rings (SSSR count). The minimum atomic E-state index is -0.276. The Morgan fingerprint density at radius 1 is 1.25 bits per heavy atom. The first-order valence-corrected chi connectivity index (χ1v) is 11.7. The summed E-state index contributed by atoms with van der Waals surface area (Å²) in [7, 11) is 3.83. The van der Waals surface area contributed by atoms with Gasteiger partial charge in [-0.25, -0.2) is 9.78 Å². The van der Waals surface area contributed by atoms with Crippen LogP contribution < -0.4 is 5.69 Å². The molecule has 32 heavy (non-hydrogen) atoms. The molecule has 0 spiro atoms. The summed E-state index contributed by atoms with van der Waals surface area (Å²) in [5.74, 6) is 0.594. The van der Waals surface area contributed by atoms with Crippen molar-refractivity contribution in [2.45, 2.75) is 59.1 Å². The first-order chi connectivity index (χ1) is 15.1. The topological polar surface area (TPSA) is 69.4 Å². The lowest BCUT2D eigenvalue weighted by atomic mass is 9.84. The van der Waals surface area contributed by atoms with E-state index in [2.05, 4.69) is 31.7 Å². The molecule has 1 saturated heterocycles. The van der Waals surface area contributed by atoms with E-state index in [0.717, 1.165) is 42.7 Å². The number of likely N-dealkylation sites (N-methyl/N-ethyl adjacent to an activating group) is 1. The molecule has 7 heteroatoms. The van der Waals surface area contributed by atoms with Gasteiger partial charge >= 0.3 is 5.69 Å². The van der Waals surface area contributed by atoms with E-state index in [-0.39, 0.29) is 23.0 Å². The third-order valence-electron chi connectivity index (χ3n) is 6.58. The second kappa shape index (κ2) is 8.94. The van der Waals surface area contributed by atoms with Crippen molar-refractivity contribution >= 4 is 22.5 Å². The molecular weight excluding hydrogens is 404 g/mol. The fraction of sp³-hybridized carbons (Fsp3) is 0.640. The minimum Gasteiger partial charge on any atom is -0.368 e. The first-order valence-electron chi connectivity index (χ1n) is 11.7. The fourth-order valence-electron chi connectivity index (χ4n) is 4.77. The van der Waals surface area contributed by atoms with Crippen LogP contribution in [-0.2, 0) is 23.1 Å². The number of Topliss-reactive ketones (excluding diaryl/α,β-unsaturated/α-hetero) is 1. The molecule has 2 unspecified atom stereocenters. The maximum atomic E-state index is 12.8. The van der Waals surface area contributed by atoms with Crippen molar-refractivity contribution in [3.63, 3.8) is 0 Å². The molecule has 2 aromatic heterocycles. The highest BCUT2D eigenvalue weighted by atomic mass is 16.5. The van der Waals surface area contributed by atoms with E-state index in [1.54, 1.807) is 11.6 Å². The normalized spacial score (nSPS) is 22.8. The highest BCUT2D eigenvalue weighted by Crippen LogP contribution is 2.32. The first kappa shape index (κ1) is 22.9. The van der Waals surface area contributed by atoms with E-state index in [1.807, 2.05) is 23.7 Å². The molecule has 0 N–H and O–H groups in total. The molecule has 0 radical (unpaired) electrons. The van der Waals surface area contributed by atoms with Crippen molar-refractivity contribution < 1.29 is 9.53 Å². The summed E-state index contributed by atoms with van der Waals surface area (Å²) in [5, 5.41) is 0. The number of carbonyl (C=O) groups is 1. The molecule has 3 heterocycles. The van der Waals surface area contributed by atoms with Crippen LogP contribution in [0.5, 0.6) is 0 Å². The van der Waals surface area contributed by atoms with Gasteiger partial charge in [-0.05, 0) is 55.3 Å². The molecule has 7 nitrogen and oxygen atoms in total. The molecule has 174 valence electrons. The molecule has 0 amide bonds. The average Bonchev–Trinajstić information content (AvgIpc) is 2.97. The van der Waals surface area contributed by atoms with Crippen molar-refractivity contribution in [3.05, 3.63) is 34.4 Å². The number of hydrogen-bond donors (Lipinski definition) is 0. The molecular formula is C25H36N4O3. The number of rotatable bonds is 5. The van der Waals surface area contributed by atoms with E-state index in [0.29, 0.717) is 32.0 Å². The van der Waals surface area contributed by atoms with Crippen molar-refractivity contribution in [1.29, 1.82) is 0 Å². The van der Waals surface area contributed by atoms with Crippen molar-refractivity contribution in [2.75, 3.05) is 26.7 Å². The van der Waals surface area contributed by atoms with Crippen LogP contribution in [0.2, 0.25) is 0 Å². The van der Waals surface area contributed by atoms with Crippen molar-refractivity contribution in [1.82, 2.24) is 19.0 Å². The van der Waals surface area contributed by atoms with Gasteiger partial charge in [0.25, 0.3) is 0 Å². The Bertz CT molecular complexity index is 1090. The molecule has 1 aliphatic heterocycles. The summed E-state index contributed by atoms with van der Waals surface area (Å²) in [4.78, 5) is 32.5. The molecule has 2 atom stereocenters. The van der Waals surface area contributed by atoms with Gasteiger partial charge in [-0.2, -0.15) is 0 Å². The Morgan fingerprint density at radius 2 is 2.03 bits per heavy atom. The molecule has 2 aliphatic rings. The predicted octanol–water partition coefficient (Wildman–Crippen LogP) is 3.25. The zero-order valence-electron chi connectivity index (χ0n) is 20.1. The second-order valence-corrected chi connectivity index (χ2v) is 10.7. The van der Waals surface area contributed by atoms with E-state index >= 15 is 0 Å². The third-order valence-corrected chi connectivity index (χ3v) is 6.58. The van der Waals surface area contributed by atoms with E-state index < -0.39 is 0 Å². The summed E-state index contributed by atoms with van der Waals surface area (Å²) < 4.78 is 9.17. The maximum Gasteiger partial charge on any atom is 0.330 e. The number of ketones is 1. The van der Waals surface area contributed by atoms with Crippen LogP contribution in [0, 0.1) is 11.3 Å². The number of morpholine rings is 1. The van der Waals surface area contributed by atoms with Gasteiger partial charge in [-0.3, -0.25) is 13.9 Å². The number of carbonyl (C=O) groups excluding carboxylic acids is 1. The van der Waals surface area contributed by atoms with Crippen LogP contribution in [-0.4, -0.2) is 57.6 Å². The van der Waals surface area contributed by atoms with Gasteiger partial charge in [-0.1, -0.05) is 26.8 Å². The van der Waals surface area contributed by atoms with Gasteiger partial charge in [0, 0.05) is 33.1 Å². The zero-order valence-corrected chi connectivity index (χ0v) is 20.1. The van der Waals surface area contributed by atoms with Gasteiger partial charge in [0.05, 0.1) is 17.8 Å². The summed E-state index contributed by atoms with van der Waals surface area (Å²) in [6.45, 7) is 9.27. The molecule has 1 aliphatic carbocycles. The van der Waals surface area contributed by atoms with Gasteiger partial charge in [0.15, 0.2) is 11.4 Å². The van der Waals surface area contributed by atoms with Crippen LogP contribution >= 0.6 is 0 Å². The number of ether oxygens (including phenoxy) is 1. The summed E-state index contributed by atoms with van der Waals surface area (Å²) >= 11 is 0. The van der Waals surface area contributed by atoms with Crippen molar-refractivity contribution in [2.24, 2.45) is 18.4 Å². The highest BCUT2D eigenvalue weighted by Gasteiger charge is 2.28. The number of fused-ring (bicyclic) bond motifs is 1. The molecule has 1 fully saturated rings.